The minimum absolute atomic E-state index is 0.0361. The summed E-state index contributed by atoms with van der Waals surface area (Å²) in [5, 5.41) is 9.50. The summed E-state index contributed by atoms with van der Waals surface area (Å²) in [4.78, 5) is 18.1. The van der Waals surface area contributed by atoms with Crippen molar-refractivity contribution in [3.63, 3.8) is 0 Å². The van der Waals surface area contributed by atoms with Gasteiger partial charge in [-0.3, -0.25) is 0 Å². The number of fused-ring (bicyclic) bond motifs is 1. The molecule has 1 saturated heterocycles. The first-order valence-corrected chi connectivity index (χ1v) is 6.84. The Balaban J connectivity index is 1.98. The van der Waals surface area contributed by atoms with Gasteiger partial charge in [0.2, 0.25) is 0 Å². The molecule has 106 valence electrons. The Bertz CT molecular complexity index is 541. The van der Waals surface area contributed by atoms with Gasteiger partial charge in [-0.25, -0.2) is 9.79 Å². The molecule has 1 aliphatic carbocycles. The number of allylic oxidation sites excluding steroid dienone is 5. The number of carboxylic acid groups (broad SMARTS) is 1. The SMILES string of the molecule is CC12C=CC=CC1C=C(N1CCOCC1)N=C2C(=O)O. The summed E-state index contributed by atoms with van der Waals surface area (Å²) in [5.41, 5.74) is -0.344. The lowest BCUT2D eigenvalue weighted by Crippen LogP contribution is -2.44. The van der Waals surface area contributed by atoms with Gasteiger partial charge in [0.15, 0.2) is 0 Å². The van der Waals surface area contributed by atoms with Crippen LogP contribution in [0.15, 0.2) is 41.2 Å². The molecule has 0 bridgehead atoms. The van der Waals surface area contributed by atoms with E-state index in [0.29, 0.717) is 13.2 Å². The molecule has 0 aromatic carbocycles. The van der Waals surface area contributed by atoms with Crippen LogP contribution >= 0.6 is 0 Å². The Kier molecular flexibility index (Phi) is 3.22. The molecule has 0 amide bonds. The van der Waals surface area contributed by atoms with Gasteiger partial charge in [0.1, 0.15) is 11.5 Å². The first kappa shape index (κ1) is 13.1. The first-order chi connectivity index (χ1) is 9.61. The molecule has 2 heterocycles. The van der Waals surface area contributed by atoms with Gasteiger partial charge in [0.25, 0.3) is 0 Å². The van der Waals surface area contributed by atoms with Gasteiger partial charge in [-0.1, -0.05) is 24.3 Å². The van der Waals surface area contributed by atoms with Crippen molar-refractivity contribution in [1.29, 1.82) is 0 Å². The maximum atomic E-state index is 11.6. The largest absolute Gasteiger partial charge is 0.477 e. The molecule has 5 heteroatoms. The number of carbonyl (C=O) groups is 1. The summed E-state index contributed by atoms with van der Waals surface area (Å²) in [6, 6.07) is 0. The molecule has 0 aromatic heterocycles. The van der Waals surface area contributed by atoms with E-state index in [1.54, 1.807) is 0 Å². The van der Waals surface area contributed by atoms with Crippen molar-refractivity contribution in [3.05, 3.63) is 36.2 Å². The fraction of sp³-hybridized carbons (Fsp3) is 0.467. The molecule has 20 heavy (non-hydrogen) atoms. The van der Waals surface area contributed by atoms with Gasteiger partial charge in [0.05, 0.1) is 13.2 Å². The van der Waals surface area contributed by atoms with E-state index in [0.717, 1.165) is 18.9 Å². The number of aliphatic carboxylic acids is 1. The van der Waals surface area contributed by atoms with Gasteiger partial charge < -0.3 is 14.7 Å². The number of hydrogen-bond donors (Lipinski definition) is 1. The summed E-state index contributed by atoms with van der Waals surface area (Å²) in [6.07, 6.45) is 9.89. The van der Waals surface area contributed by atoms with E-state index in [1.807, 2.05) is 31.2 Å². The van der Waals surface area contributed by atoms with Crippen molar-refractivity contribution in [2.24, 2.45) is 16.3 Å². The van der Waals surface area contributed by atoms with Gasteiger partial charge in [-0.15, -0.1) is 0 Å². The van der Waals surface area contributed by atoms with Crippen LogP contribution in [0.1, 0.15) is 6.92 Å². The summed E-state index contributed by atoms with van der Waals surface area (Å²) < 4.78 is 5.33. The van der Waals surface area contributed by atoms with E-state index >= 15 is 0 Å². The third-order valence-electron chi connectivity index (χ3n) is 4.17. The van der Waals surface area contributed by atoms with Crippen molar-refractivity contribution in [1.82, 2.24) is 4.90 Å². The summed E-state index contributed by atoms with van der Waals surface area (Å²) >= 11 is 0. The summed E-state index contributed by atoms with van der Waals surface area (Å²) in [5.74, 6) is -0.154. The highest BCUT2D eigenvalue weighted by Crippen LogP contribution is 2.40. The van der Waals surface area contributed by atoms with Crippen LogP contribution in [0, 0.1) is 11.3 Å². The minimum Gasteiger partial charge on any atom is -0.477 e. The second-order valence-electron chi connectivity index (χ2n) is 5.44. The number of nitrogens with zero attached hydrogens (tertiary/aromatic N) is 2. The molecule has 5 nitrogen and oxygen atoms in total. The zero-order valence-electron chi connectivity index (χ0n) is 11.5. The van der Waals surface area contributed by atoms with Crippen molar-refractivity contribution in [3.8, 4) is 0 Å². The molecule has 0 saturated carbocycles. The van der Waals surface area contributed by atoms with Crippen molar-refractivity contribution < 1.29 is 14.6 Å². The number of ether oxygens (including phenoxy) is 1. The molecule has 2 unspecified atom stereocenters. The number of rotatable bonds is 2. The monoisotopic (exact) mass is 274 g/mol. The molecule has 0 aromatic rings. The molecular weight excluding hydrogens is 256 g/mol. The van der Waals surface area contributed by atoms with Gasteiger partial charge in [0, 0.05) is 24.4 Å². The molecule has 3 aliphatic rings. The lowest BCUT2D eigenvalue weighted by molar-refractivity contribution is -0.129. The molecule has 2 aliphatic heterocycles. The minimum atomic E-state index is -0.948. The number of hydrogen-bond acceptors (Lipinski definition) is 4. The average Bonchev–Trinajstić information content (AvgIpc) is 2.46. The third kappa shape index (κ3) is 2.08. The predicted molar refractivity (Wildman–Crippen MR) is 75.4 cm³/mol. The molecule has 2 atom stereocenters. The quantitative estimate of drug-likeness (QED) is 0.828. The third-order valence-corrected chi connectivity index (χ3v) is 4.17. The number of carboxylic acids is 1. The second-order valence-corrected chi connectivity index (χ2v) is 5.44. The topological polar surface area (TPSA) is 62.1 Å². The van der Waals surface area contributed by atoms with Crippen molar-refractivity contribution in [2.75, 3.05) is 26.3 Å². The van der Waals surface area contributed by atoms with Crippen molar-refractivity contribution >= 4 is 11.7 Å². The van der Waals surface area contributed by atoms with E-state index in [4.69, 9.17) is 4.74 Å². The average molecular weight is 274 g/mol. The van der Waals surface area contributed by atoms with E-state index < -0.39 is 11.4 Å². The molecule has 0 radical (unpaired) electrons. The van der Waals surface area contributed by atoms with Crippen LogP contribution in [0.5, 0.6) is 0 Å². The number of morpholine rings is 1. The van der Waals surface area contributed by atoms with Crippen LogP contribution in [0.3, 0.4) is 0 Å². The zero-order chi connectivity index (χ0) is 14.2. The lowest BCUT2D eigenvalue weighted by Gasteiger charge is -2.39. The van der Waals surface area contributed by atoms with E-state index in [-0.39, 0.29) is 11.6 Å². The predicted octanol–water partition coefficient (Wildman–Crippen LogP) is 1.45. The molecule has 1 N–H and O–H groups in total. The summed E-state index contributed by atoms with van der Waals surface area (Å²) in [7, 11) is 0. The van der Waals surface area contributed by atoms with Crippen LogP contribution in [0.2, 0.25) is 0 Å². The maximum absolute atomic E-state index is 11.6. The Morgan fingerprint density at radius 2 is 2.20 bits per heavy atom. The van der Waals surface area contributed by atoms with Crippen LogP contribution in [-0.4, -0.2) is 48.0 Å². The van der Waals surface area contributed by atoms with Crippen LogP contribution in [0.25, 0.3) is 0 Å². The van der Waals surface area contributed by atoms with E-state index in [2.05, 4.69) is 16.0 Å². The highest BCUT2D eigenvalue weighted by atomic mass is 16.5. The zero-order valence-corrected chi connectivity index (χ0v) is 11.5. The van der Waals surface area contributed by atoms with Gasteiger partial charge >= 0.3 is 5.97 Å². The summed E-state index contributed by atoms with van der Waals surface area (Å²) in [6.45, 7) is 4.76. The van der Waals surface area contributed by atoms with E-state index in [9.17, 15) is 9.90 Å². The smallest absolute Gasteiger partial charge is 0.351 e. The van der Waals surface area contributed by atoms with Crippen molar-refractivity contribution in [2.45, 2.75) is 6.92 Å². The first-order valence-electron chi connectivity index (χ1n) is 6.84. The highest BCUT2D eigenvalue weighted by Gasteiger charge is 2.42. The van der Waals surface area contributed by atoms with E-state index in [1.165, 1.54) is 0 Å². The highest BCUT2D eigenvalue weighted by molar-refractivity contribution is 6.38. The maximum Gasteiger partial charge on any atom is 0.351 e. The molecular formula is C15H18N2O3. The Hall–Kier alpha value is -1.88. The fourth-order valence-corrected chi connectivity index (χ4v) is 2.90. The Labute approximate surface area is 117 Å². The molecule has 3 rings (SSSR count). The molecule has 1 fully saturated rings. The lowest BCUT2D eigenvalue weighted by atomic mass is 9.69. The van der Waals surface area contributed by atoms with Gasteiger partial charge in [-0.2, -0.15) is 0 Å². The Morgan fingerprint density at radius 3 is 2.90 bits per heavy atom. The normalized spacial score (nSPS) is 32.5. The fourth-order valence-electron chi connectivity index (χ4n) is 2.90. The van der Waals surface area contributed by atoms with Gasteiger partial charge in [-0.05, 0) is 13.0 Å². The number of aliphatic imine (C=N–C) groups is 1. The van der Waals surface area contributed by atoms with Crippen LogP contribution < -0.4 is 0 Å². The molecule has 0 spiro atoms. The van der Waals surface area contributed by atoms with Crippen LogP contribution in [0.4, 0.5) is 0 Å². The standard InChI is InChI=1S/C15H18N2O3/c1-15-5-3-2-4-11(15)10-12(16-13(15)14(18)19)17-6-8-20-9-7-17/h2-5,10-11H,6-9H2,1H3,(H,18,19). The van der Waals surface area contributed by atoms with Crippen LogP contribution in [-0.2, 0) is 9.53 Å². The Morgan fingerprint density at radius 1 is 1.45 bits per heavy atom. The second kappa shape index (κ2) is 4.90.